The van der Waals surface area contributed by atoms with E-state index in [1.807, 2.05) is 30.3 Å². The summed E-state index contributed by atoms with van der Waals surface area (Å²) < 4.78 is 5.26. The SMILES string of the molecule is [N-]=[N+]=N[C@@H]1CCN(C(=O)OCc2ccccc2)CC[C@@H]1O. The maximum Gasteiger partial charge on any atom is 0.410 e. The molecule has 0 aromatic heterocycles. The average molecular weight is 290 g/mol. The van der Waals surface area contributed by atoms with Gasteiger partial charge in [-0.3, -0.25) is 0 Å². The van der Waals surface area contributed by atoms with Gasteiger partial charge in [-0.05, 0) is 23.9 Å². The fourth-order valence-electron chi connectivity index (χ4n) is 2.27. The number of amides is 1. The van der Waals surface area contributed by atoms with Crippen LogP contribution >= 0.6 is 0 Å². The van der Waals surface area contributed by atoms with Gasteiger partial charge in [0.2, 0.25) is 0 Å². The number of aliphatic hydroxyl groups excluding tert-OH is 1. The van der Waals surface area contributed by atoms with E-state index in [0.29, 0.717) is 25.9 Å². The molecule has 7 nitrogen and oxygen atoms in total. The summed E-state index contributed by atoms with van der Waals surface area (Å²) in [4.78, 5) is 16.3. The summed E-state index contributed by atoms with van der Waals surface area (Å²) in [5.41, 5.74) is 9.38. The van der Waals surface area contributed by atoms with Gasteiger partial charge in [0.15, 0.2) is 0 Å². The van der Waals surface area contributed by atoms with E-state index in [2.05, 4.69) is 10.0 Å². The van der Waals surface area contributed by atoms with Crippen molar-refractivity contribution < 1.29 is 14.6 Å². The first-order chi connectivity index (χ1) is 10.2. The van der Waals surface area contributed by atoms with Crippen LogP contribution in [0.3, 0.4) is 0 Å². The molecule has 0 unspecified atom stereocenters. The number of hydrogen-bond donors (Lipinski definition) is 1. The Labute approximate surface area is 122 Å². The molecule has 1 amide bonds. The van der Waals surface area contributed by atoms with Crippen LogP contribution in [-0.2, 0) is 11.3 Å². The van der Waals surface area contributed by atoms with Crippen LogP contribution in [0.5, 0.6) is 0 Å². The van der Waals surface area contributed by atoms with Gasteiger partial charge < -0.3 is 14.7 Å². The zero-order chi connectivity index (χ0) is 15.1. The molecular formula is C14H18N4O3. The fraction of sp³-hybridized carbons (Fsp3) is 0.500. The summed E-state index contributed by atoms with van der Waals surface area (Å²) in [6.07, 6.45) is -0.309. The second kappa shape index (κ2) is 7.52. The van der Waals surface area contributed by atoms with Gasteiger partial charge in [-0.2, -0.15) is 0 Å². The third-order valence-electron chi connectivity index (χ3n) is 3.50. The van der Waals surface area contributed by atoms with E-state index in [-0.39, 0.29) is 6.61 Å². The third kappa shape index (κ3) is 4.37. The molecule has 112 valence electrons. The van der Waals surface area contributed by atoms with E-state index in [0.717, 1.165) is 5.56 Å². The van der Waals surface area contributed by atoms with E-state index in [1.165, 1.54) is 0 Å². The number of carbonyl (C=O) groups excluding carboxylic acids is 1. The van der Waals surface area contributed by atoms with Crippen molar-refractivity contribution in [3.63, 3.8) is 0 Å². The largest absolute Gasteiger partial charge is 0.445 e. The zero-order valence-corrected chi connectivity index (χ0v) is 11.6. The lowest BCUT2D eigenvalue weighted by atomic mass is 10.1. The monoisotopic (exact) mass is 290 g/mol. The van der Waals surface area contributed by atoms with Crippen molar-refractivity contribution in [2.45, 2.75) is 31.6 Å². The van der Waals surface area contributed by atoms with Crippen molar-refractivity contribution >= 4 is 6.09 Å². The quantitative estimate of drug-likeness (QED) is 0.526. The van der Waals surface area contributed by atoms with Crippen LogP contribution in [0.25, 0.3) is 10.4 Å². The minimum atomic E-state index is -0.715. The Balaban J connectivity index is 1.87. The second-order valence-electron chi connectivity index (χ2n) is 4.94. The second-order valence-corrected chi connectivity index (χ2v) is 4.94. The van der Waals surface area contributed by atoms with Crippen molar-refractivity contribution in [3.05, 3.63) is 46.3 Å². The molecule has 1 aromatic rings. The van der Waals surface area contributed by atoms with Crippen molar-refractivity contribution in [1.29, 1.82) is 0 Å². The predicted molar refractivity (Wildman–Crippen MR) is 76.4 cm³/mol. The van der Waals surface area contributed by atoms with Crippen LogP contribution in [-0.4, -0.2) is 41.3 Å². The summed E-state index contributed by atoms with van der Waals surface area (Å²) in [5, 5.41) is 13.4. The van der Waals surface area contributed by atoms with Gasteiger partial charge in [0, 0.05) is 18.0 Å². The smallest absolute Gasteiger partial charge is 0.410 e. The van der Waals surface area contributed by atoms with Crippen LogP contribution in [0.15, 0.2) is 35.4 Å². The standard InChI is InChI=1S/C14H18N4O3/c15-17-16-12-6-8-18(9-7-13(12)19)14(20)21-10-11-4-2-1-3-5-11/h1-5,12-13,19H,6-10H2/t12-,13+/m1/s1. The minimum Gasteiger partial charge on any atom is -0.445 e. The van der Waals surface area contributed by atoms with Crippen LogP contribution < -0.4 is 0 Å². The molecule has 1 saturated heterocycles. The normalized spacial score (nSPS) is 22.0. The molecule has 1 aliphatic heterocycles. The number of rotatable bonds is 3. The van der Waals surface area contributed by atoms with E-state index in [4.69, 9.17) is 10.3 Å². The molecule has 2 atom stereocenters. The molecule has 2 rings (SSSR count). The van der Waals surface area contributed by atoms with E-state index >= 15 is 0 Å². The number of nitrogens with zero attached hydrogens (tertiary/aromatic N) is 4. The van der Waals surface area contributed by atoms with Gasteiger partial charge in [-0.25, -0.2) is 4.79 Å². The number of hydrogen-bond acceptors (Lipinski definition) is 4. The van der Waals surface area contributed by atoms with Gasteiger partial charge in [0.1, 0.15) is 6.61 Å². The van der Waals surface area contributed by atoms with Gasteiger partial charge in [0.25, 0.3) is 0 Å². The Morgan fingerprint density at radius 1 is 1.38 bits per heavy atom. The Bertz CT molecular complexity index is 516. The molecule has 0 saturated carbocycles. The highest BCUT2D eigenvalue weighted by atomic mass is 16.6. The first kappa shape index (κ1) is 15.2. The molecule has 1 heterocycles. The summed E-state index contributed by atoms with van der Waals surface area (Å²) in [5.74, 6) is 0. The number of benzene rings is 1. The number of likely N-dealkylation sites (tertiary alicyclic amines) is 1. The predicted octanol–water partition coefficient (Wildman–Crippen LogP) is 2.46. The summed E-state index contributed by atoms with van der Waals surface area (Å²) in [6.45, 7) is 1.03. The molecule has 7 heteroatoms. The molecule has 0 bridgehead atoms. The van der Waals surface area contributed by atoms with E-state index in [1.54, 1.807) is 4.90 Å². The number of aliphatic hydroxyl groups is 1. The highest BCUT2D eigenvalue weighted by Gasteiger charge is 2.26. The molecule has 1 N–H and O–H groups in total. The van der Waals surface area contributed by atoms with Crippen LogP contribution in [0.4, 0.5) is 4.79 Å². The van der Waals surface area contributed by atoms with Crippen LogP contribution in [0.1, 0.15) is 18.4 Å². The summed E-state index contributed by atoms with van der Waals surface area (Å²) in [6, 6.07) is 8.96. The highest BCUT2D eigenvalue weighted by molar-refractivity contribution is 5.67. The molecule has 1 fully saturated rings. The van der Waals surface area contributed by atoms with Crippen molar-refractivity contribution in [3.8, 4) is 0 Å². The summed E-state index contributed by atoms with van der Waals surface area (Å²) in [7, 11) is 0. The molecule has 0 spiro atoms. The number of azide groups is 1. The van der Waals surface area contributed by atoms with E-state index in [9.17, 15) is 9.90 Å². The maximum absolute atomic E-state index is 12.0. The Kier molecular flexibility index (Phi) is 5.43. The Morgan fingerprint density at radius 2 is 2.10 bits per heavy atom. The van der Waals surface area contributed by atoms with Crippen molar-refractivity contribution in [2.24, 2.45) is 5.11 Å². The van der Waals surface area contributed by atoms with Crippen molar-refractivity contribution in [2.75, 3.05) is 13.1 Å². The van der Waals surface area contributed by atoms with Crippen molar-refractivity contribution in [1.82, 2.24) is 4.90 Å². The molecule has 1 aliphatic rings. The van der Waals surface area contributed by atoms with Crippen LogP contribution in [0, 0.1) is 0 Å². The minimum absolute atomic E-state index is 0.221. The number of carbonyl (C=O) groups is 1. The molecule has 21 heavy (non-hydrogen) atoms. The fourth-order valence-corrected chi connectivity index (χ4v) is 2.27. The zero-order valence-electron chi connectivity index (χ0n) is 11.6. The third-order valence-corrected chi connectivity index (χ3v) is 3.50. The first-order valence-electron chi connectivity index (χ1n) is 6.88. The van der Waals surface area contributed by atoms with Crippen LogP contribution in [0.2, 0.25) is 0 Å². The van der Waals surface area contributed by atoms with Gasteiger partial charge >= 0.3 is 6.09 Å². The van der Waals surface area contributed by atoms with Gasteiger partial charge in [-0.1, -0.05) is 35.4 Å². The Hall–Kier alpha value is -2.24. The molecular weight excluding hydrogens is 272 g/mol. The lowest BCUT2D eigenvalue weighted by molar-refractivity contribution is 0.0947. The molecule has 1 aromatic carbocycles. The van der Waals surface area contributed by atoms with Gasteiger partial charge in [0.05, 0.1) is 12.1 Å². The number of ether oxygens (including phenoxy) is 1. The Morgan fingerprint density at radius 3 is 2.81 bits per heavy atom. The summed E-state index contributed by atoms with van der Waals surface area (Å²) >= 11 is 0. The lowest BCUT2D eigenvalue weighted by Gasteiger charge is -2.19. The lowest BCUT2D eigenvalue weighted by Crippen LogP contribution is -2.32. The first-order valence-corrected chi connectivity index (χ1v) is 6.88. The topological polar surface area (TPSA) is 98.5 Å². The molecule has 0 radical (unpaired) electrons. The van der Waals surface area contributed by atoms with Gasteiger partial charge in [-0.15, -0.1) is 0 Å². The maximum atomic E-state index is 12.0. The average Bonchev–Trinajstić information content (AvgIpc) is 2.69. The highest BCUT2D eigenvalue weighted by Crippen LogP contribution is 2.16. The van der Waals surface area contributed by atoms with E-state index < -0.39 is 18.2 Å². The molecule has 0 aliphatic carbocycles.